The minimum atomic E-state index is 0.676. The molecule has 1 aromatic heterocycles. The molecule has 4 heteroatoms. The van der Waals surface area contributed by atoms with E-state index in [1.54, 1.807) is 6.20 Å². The first kappa shape index (κ1) is 15.2. The van der Waals surface area contributed by atoms with Crippen molar-refractivity contribution in [3.8, 4) is 5.75 Å². The Bertz CT molecular complexity index is 320. The molecule has 0 aliphatic rings. The maximum absolute atomic E-state index is 5.52. The molecule has 0 amide bonds. The van der Waals surface area contributed by atoms with Gasteiger partial charge in [0.25, 0.3) is 0 Å². The van der Waals surface area contributed by atoms with Crippen LogP contribution < -0.4 is 10.1 Å². The minimum Gasteiger partial charge on any atom is -0.490 e. The highest BCUT2D eigenvalue weighted by atomic mass is 32.2. The van der Waals surface area contributed by atoms with Crippen molar-refractivity contribution >= 4 is 17.6 Å². The number of hydrogen-bond donors (Lipinski definition) is 1. The van der Waals surface area contributed by atoms with Crippen LogP contribution in [-0.2, 0) is 0 Å². The van der Waals surface area contributed by atoms with Crippen molar-refractivity contribution < 1.29 is 4.74 Å². The Balaban J connectivity index is 2.18. The monoisotopic (exact) mass is 268 g/mol. The van der Waals surface area contributed by atoms with Crippen molar-refractivity contribution in [1.29, 1.82) is 0 Å². The van der Waals surface area contributed by atoms with Crippen LogP contribution >= 0.6 is 11.8 Å². The predicted molar refractivity (Wildman–Crippen MR) is 80.7 cm³/mol. The first-order chi connectivity index (χ1) is 8.88. The number of nitrogens with one attached hydrogen (secondary N) is 1. The Morgan fingerprint density at radius 3 is 2.89 bits per heavy atom. The molecule has 0 unspecified atom stereocenters. The second-order valence-electron chi connectivity index (χ2n) is 4.12. The van der Waals surface area contributed by atoms with Crippen molar-refractivity contribution in [3.63, 3.8) is 0 Å². The third-order valence-electron chi connectivity index (χ3n) is 2.64. The smallest absolute Gasteiger partial charge is 0.168 e. The third-order valence-corrected chi connectivity index (χ3v) is 3.34. The minimum absolute atomic E-state index is 0.676. The first-order valence-corrected chi connectivity index (χ1v) is 8.08. The van der Waals surface area contributed by atoms with Crippen LogP contribution in [0.15, 0.2) is 18.3 Å². The molecular weight excluding hydrogens is 244 g/mol. The van der Waals surface area contributed by atoms with E-state index in [2.05, 4.69) is 16.6 Å². The highest BCUT2D eigenvalue weighted by Gasteiger charge is 2.02. The maximum atomic E-state index is 5.52. The third kappa shape index (κ3) is 6.15. The van der Waals surface area contributed by atoms with Crippen LogP contribution in [0.5, 0.6) is 5.75 Å². The molecule has 1 aromatic rings. The molecule has 0 radical (unpaired) electrons. The van der Waals surface area contributed by atoms with Gasteiger partial charge in [0.1, 0.15) is 0 Å². The molecule has 0 aliphatic heterocycles. The molecule has 0 saturated carbocycles. The van der Waals surface area contributed by atoms with Crippen molar-refractivity contribution in [2.24, 2.45) is 0 Å². The normalized spacial score (nSPS) is 10.3. The Hall–Kier alpha value is -0.900. The average Bonchev–Trinajstić information content (AvgIpc) is 2.40. The molecule has 1 N–H and O–H groups in total. The molecule has 3 nitrogen and oxygen atoms in total. The van der Waals surface area contributed by atoms with Crippen LogP contribution in [0.2, 0.25) is 0 Å². The molecule has 0 bridgehead atoms. The molecule has 0 spiro atoms. The summed E-state index contributed by atoms with van der Waals surface area (Å²) in [6.07, 6.45) is 9.08. The summed E-state index contributed by atoms with van der Waals surface area (Å²) < 4.78 is 5.52. The van der Waals surface area contributed by atoms with Gasteiger partial charge in [0.2, 0.25) is 0 Å². The van der Waals surface area contributed by atoms with Gasteiger partial charge in [-0.1, -0.05) is 12.8 Å². The van der Waals surface area contributed by atoms with Crippen LogP contribution in [-0.4, -0.2) is 30.1 Å². The lowest BCUT2D eigenvalue weighted by Gasteiger charge is -2.10. The molecule has 18 heavy (non-hydrogen) atoms. The number of ether oxygens (including phenoxy) is 1. The molecule has 1 rings (SSSR count). The summed E-state index contributed by atoms with van der Waals surface area (Å²) in [5.74, 6) is 2.99. The van der Waals surface area contributed by atoms with Crippen molar-refractivity contribution in [3.05, 3.63) is 18.3 Å². The number of thioether (sulfide) groups is 1. The van der Waals surface area contributed by atoms with Gasteiger partial charge in [0.15, 0.2) is 11.6 Å². The summed E-state index contributed by atoms with van der Waals surface area (Å²) in [6.45, 7) is 3.63. The first-order valence-electron chi connectivity index (χ1n) is 6.69. The summed E-state index contributed by atoms with van der Waals surface area (Å²) in [6, 6.07) is 3.86. The Morgan fingerprint density at radius 1 is 1.28 bits per heavy atom. The molecule has 0 saturated heterocycles. The standard InChI is InChI=1S/C14H24N2OS/c1-3-17-13-9-8-11-16-14(13)15-10-6-4-5-7-12-18-2/h8-9,11H,3-7,10,12H2,1-2H3,(H,15,16). The highest BCUT2D eigenvalue weighted by Crippen LogP contribution is 2.20. The number of hydrogen-bond acceptors (Lipinski definition) is 4. The zero-order valence-electron chi connectivity index (χ0n) is 11.4. The van der Waals surface area contributed by atoms with Gasteiger partial charge < -0.3 is 10.1 Å². The largest absolute Gasteiger partial charge is 0.490 e. The highest BCUT2D eigenvalue weighted by molar-refractivity contribution is 7.98. The van der Waals surface area contributed by atoms with E-state index in [1.165, 1.54) is 31.4 Å². The van der Waals surface area contributed by atoms with Gasteiger partial charge in [-0.2, -0.15) is 11.8 Å². The fourth-order valence-electron chi connectivity index (χ4n) is 1.73. The van der Waals surface area contributed by atoms with Crippen LogP contribution in [0.4, 0.5) is 5.82 Å². The van der Waals surface area contributed by atoms with Crippen molar-refractivity contribution in [2.45, 2.75) is 32.6 Å². The zero-order valence-corrected chi connectivity index (χ0v) is 12.3. The summed E-state index contributed by atoms with van der Waals surface area (Å²) in [7, 11) is 0. The number of unbranched alkanes of at least 4 members (excludes halogenated alkanes) is 3. The second-order valence-corrected chi connectivity index (χ2v) is 5.10. The maximum Gasteiger partial charge on any atom is 0.168 e. The van der Waals surface area contributed by atoms with E-state index in [-0.39, 0.29) is 0 Å². The topological polar surface area (TPSA) is 34.1 Å². The molecule has 0 atom stereocenters. The van der Waals surface area contributed by atoms with Crippen LogP contribution in [0, 0.1) is 0 Å². The molecule has 102 valence electrons. The summed E-state index contributed by atoms with van der Waals surface area (Å²) in [5.41, 5.74) is 0. The predicted octanol–water partition coefficient (Wildman–Crippen LogP) is 3.82. The van der Waals surface area contributed by atoms with E-state index in [1.807, 2.05) is 30.8 Å². The summed E-state index contributed by atoms with van der Waals surface area (Å²) in [5, 5.41) is 3.35. The van der Waals surface area contributed by atoms with Crippen molar-refractivity contribution in [1.82, 2.24) is 4.98 Å². The second kappa shape index (κ2) is 10.1. The van der Waals surface area contributed by atoms with Gasteiger partial charge in [-0.3, -0.25) is 0 Å². The number of aromatic nitrogens is 1. The van der Waals surface area contributed by atoms with Gasteiger partial charge >= 0.3 is 0 Å². The fourth-order valence-corrected chi connectivity index (χ4v) is 2.22. The molecule has 0 fully saturated rings. The lowest BCUT2D eigenvalue weighted by molar-refractivity contribution is 0.340. The lowest BCUT2D eigenvalue weighted by atomic mass is 10.2. The summed E-state index contributed by atoms with van der Waals surface area (Å²) in [4.78, 5) is 4.31. The molecular formula is C14H24N2OS. The molecule has 1 heterocycles. The van der Waals surface area contributed by atoms with E-state index >= 15 is 0 Å². The van der Waals surface area contributed by atoms with Gasteiger partial charge in [0, 0.05) is 12.7 Å². The Labute approximate surface area is 115 Å². The van der Waals surface area contributed by atoms with Gasteiger partial charge in [0.05, 0.1) is 6.61 Å². The van der Waals surface area contributed by atoms with E-state index in [4.69, 9.17) is 4.74 Å². The van der Waals surface area contributed by atoms with Crippen LogP contribution in [0.3, 0.4) is 0 Å². The zero-order chi connectivity index (χ0) is 13.1. The molecule has 0 aromatic carbocycles. The van der Waals surface area contributed by atoms with Gasteiger partial charge in [-0.05, 0) is 43.9 Å². The number of nitrogens with zero attached hydrogens (tertiary/aromatic N) is 1. The van der Waals surface area contributed by atoms with E-state index in [0.29, 0.717) is 6.61 Å². The van der Waals surface area contributed by atoms with E-state index < -0.39 is 0 Å². The summed E-state index contributed by atoms with van der Waals surface area (Å²) >= 11 is 1.93. The Kier molecular flexibility index (Phi) is 8.47. The van der Waals surface area contributed by atoms with Gasteiger partial charge in [-0.25, -0.2) is 4.98 Å². The molecule has 0 aliphatic carbocycles. The Morgan fingerprint density at radius 2 is 2.11 bits per heavy atom. The average molecular weight is 268 g/mol. The van der Waals surface area contributed by atoms with Crippen molar-refractivity contribution in [2.75, 3.05) is 30.5 Å². The SMILES string of the molecule is CCOc1cccnc1NCCCCCCSC. The lowest BCUT2D eigenvalue weighted by Crippen LogP contribution is -2.06. The van der Waals surface area contributed by atoms with Gasteiger partial charge in [-0.15, -0.1) is 0 Å². The quantitative estimate of drug-likeness (QED) is 0.654. The number of anilines is 1. The van der Waals surface area contributed by atoms with E-state index in [9.17, 15) is 0 Å². The number of rotatable bonds is 10. The van der Waals surface area contributed by atoms with Crippen LogP contribution in [0.1, 0.15) is 32.6 Å². The fraction of sp³-hybridized carbons (Fsp3) is 0.643. The number of pyridine rings is 1. The van der Waals surface area contributed by atoms with Crippen LogP contribution in [0.25, 0.3) is 0 Å². The van der Waals surface area contributed by atoms with E-state index in [0.717, 1.165) is 18.1 Å².